The molecular weight excluding hydrogens is 747 g/mol. The topological polar surface area (TPSA) is 142 Å². The second-order valence-corrected chi connectivity index (χ2v) is 14.8. The highest BCUT2D eigenvalue weighted by molar-refractivity contribution is 6.23. The van der Waals surface area contributed by atoms with Crippen LogP contribution in [0.1, 0.15) is 70.0 Å². The fourth-order valence-corrected chi connectivity index (χ4v) is 7.99. The van der Waals surface area contributed by atoms with Crippen LogP contribution in [0.25, 0.3) is 11.1 Å². The van der Waals surface area contributed by atoms with Gasteiger partial charge in [0.15, 0.2) is 0 Å². The predicted molar refractivity (Wildman–Crippen MR) is 223 cm³/mol. The van der Waals surface area contributed by atoms with Crippen LogP contribution in [0.5, 0.6) is 23.1 Å². The van der Waals surface area contributed by atoms with Gasteiger partial charge in [-0.05, 0) is 95.6 Å². The van der Waals surface area contributed by atoms with Crippen LogP contribution in [0.4, 0.5) is 5.69 Å². The van der Waals surface area contributed by atoms with Gasteiger partial charge in [0.2, 0.25) is 17.7 Å². The number of aromatic nitrogens is 1. The summed E-state index contributed by atoms with van der Waals surface area (Å²) in [5, 5.41) is 12.2. The van der Waals surface area contributed by atoms with Gasteiger partial charge in [-0.3, -0.25) is 34.3 Å². The van der Waals surface area contributed by atoms with E-state index < -0.39 is 29.7 Å². The van der Waals surface area contributed by atoms with E-state index in [4.69, 9.17) is 9.47 Å². The van der Waals surface area contributed by atoms with Gasteiger partial charge in [0.25, 0.3) is 11.8 Å². The first-order chi connectivity index (χ1) is 28.7. The molecule has 0 aliphatic carbocycles. The number of pyridine rings is 1. The molecule has 2 fully saturated rings. The molecule has 3 aliphatic heterocycles. The van der Waals surface area contributed by atoms with E-state index in [1.165, 1.54) is 5.57 Å². The molecule has 0 spiro atoms. The maximum absolute atomic E-state index is 13.1. The molecule has 0 radical (unpaired) electrons. The first-order valence-electron chi connectivity index (χ1n) is 20.0. The molecule has 4 amide bonds. The second-order valence-electron chi connectivity index (χ2n) is 14.8. The Morgan fingerprint density at radius 3 is 2.15 bits per heavy atom. The third kappa shape index (κ3) is 8.58. The number of nitrogens with one attached hydrogen (secondary N) is 1. The van der Waals surface area contributed by atoms with Crippen LogP contribution in [-0.4, -0.2) is 88.9 Å². The minimum absolute atomic E-state index is 0.0743. The number of imide groups is 2. The number of phenolic OH excluding ortho intramolecular Hbond substituents is 1. The van der Waals surface area contributed by atoms with Crippen molar-refractivity contribution in [2.45, 2.75) is 38.6 Å². The third-order valence-corrected chi connectivity index (χ3v) is 11.1. The maximum Gasteiger partial charge on any atom is 0.262 e. The fourth-order valence-electron chi connectivity index (χ4n) is 7.99. The summed E-state index contributed by atoms with van der Waals surface area (Å²) in [6.45, 7) is 6.94. The van der Waals surface area contributed by atoms with Gasteiger partial charge < -0.3 is 19.5 Å². The molecule has 8 rings (SSSR count). The number of carbonyl (C=O) groups excluding carboxylic acids is 4. The van der Waals surface area contributed by atoms with E-state index in [2.05, 4.69) is 51.3 Å². The summed E-state index contributed by atoms with van der Waals surface area (Å²) in [5.41, 5.74) is 7.03. The molecule has 0 saturated carbocycles. The number of nitrogens with zero attached hydrogens (tertiary/aromatic N) is 4. The minimum atomic E-state index is -0.999. The SMILES string of the molecule is CC/C(=C(\c1ccc(O)cc1)c1ccc(Oc2ccc(N3CCN(CCCOc4ccc5c(c4)C(=O)N(C4CCC(=O)NC4=O)C5=O)CC3)cn2)cc1)c1ccccc1. The highest BCUT2D eigenvalue weighted by Crippen LogP contribution is 2.36. The van der Waals surface area contributed by atoms with Gasteiger partial charge in [-0.15, -0.1) is 0 Å². The maximum atomic E-state index is 13.1. The number of hydrogen-bond donors (Lipinski definition) is 2. The normalized spacial score (nSPS) is 17.4. The predicted octanol–water partition coefficient (Wildman–Crippen LogP) is 6.94. The van der Waals surface area contributed by atoms with Gasteiger partial charge in [-0.1, -0.05) is 61.5 Å². The van der Waals surface area contributed by atoms with Crippen molar-refractivity contribution in [3.05, 3.63) is 143 Å². The van der Waals surface area contributed by atoms with Crippen molar-refractivity contribution in [3.63, 3.8) is 0 Å². The number of aromatic hydroxyl groups is 1. The number of hydrogen-bond acceptors (Lipinski definition) is 10. The largest absolute Gasteiger partial charge is 0.508 e. The van der Waals surface area contributed by atoms with Crippen molar-refractivity contribution in [3.8, 4) is 23.1 Å². The van der Waals surface area contributed by atoms with E-state index in [1.807, 2.05) is 60.8 Å². The zero-order valence-corrected chi connectivity index (χ0v) is 32.8. The Kier molecular flexibility index (Phi) is 11.5. The van der Waals surface area contributed by atoms with Crippen LogP contribution in [0.2, 0.25) is 0 Å². The molecule has 1 atom stereocenters. The van der Waals surface area contributed by atoms with Gasteiger partial charge in [-0.2, -0.15) is 0 Å². The summed E-state index contributed by atoms with van der Waals surface area (Å²) in [5.74, 6) is -0.211. The first kappa shape index (κ1) is 39.1. The van der Waals surface area contributed by atoms with E-state index in [-0.39, 0.29) is 29.7 Å². The molecule has 1 unspecified atom stereocenters. The Balaban J connectivity index is 0.811. The number of carbonyl (C=O) groups is 4. The summed E-state index contributed by atoms with van der Waals surface area (Å²) in [6, 6.07) is 33.5. The van der Waals surface area contributed by atoms with Gasteiger partial charge in [0.05, 0.1) is 29.6 Å². The molecule has 1 aromatic heterocycles. The molecule has 4 heterocycles. The zero-order valence-electron chi connectivity index (χ0n) is 32.8. The minimum Gasteiger partial charge on any atom is -0.508 e. The summed E-state index contributed by atoms with van der Waals surface area (Å²) >= 11 is 0. The zero-order chi connectivity index (χ0) is 40.9. The molecule has 4 aromatic carbocycles. The molecule has 300 valence electrons. The smallest absolute Gasteiger partial charge is 0.262 e. The third-order valence-electron chi connectivity index (χ3n) is 11.1. The van der Waals surface area contributed by atoms with Crippen molar-refractivity contribution >= 4 is 40.5 Å². The van der Waals surface area contributed by atoms with Gasteiger partial charge in [0.1, 0.15) is 23.3 Å². The number of piperidine rings is 1. The van der Waals surface area contributed by atoms with Crippen molar-refractivity contribution in [1.29, 1.82) is 0 Å². The molecule has 2 N–H and O–H groups in total. The number of ether oxygens (including phenoxy) is 2. The molecule has 2 saturated heterocycles. The van der Waals surface area contributed by atoms with Crippen LogP contribution in [0, 0.1) is 0 Å². The van der Waals surface area contributed by atoms with E-state index >= 15 is 0 Å². The fraction of sp³-hybridized carbons (Fsp3) is 0.255. The van der Waals surface area contributed by atoms with Gasteiger partial charge in [-0.25, -0.2) is 4.98 Å². The van der Waals surface area contributed by atoms with Crippen molar-refractivity contribution in [2.24, 2.45) is 0 Å². The molecule has 59 heavy (non-hydrogen) atoms. The molecular formula is C47H45N5O7. The number of piperazine rings is 1. The average Bonchev–Trinajstić information content (AvgIpc) is 3.50. The standard InChI is InChI=1S/C47H45N5O7/c1-2-38(31-7-4-3-5-8-31)44(32-9-14-35(53)15-10-32)33-11-16-36(17-12-33)59-43-22-13-34(30-48-43)51-26-24-50(25-27-51)23-6-28-58-37-18-19-39-40(29-37)47(57)52(46(39)56)41-20-21-42(54)49-45(41)55/h3-5,7-19,22,29-30,41,53H,2,6,20-21,23-28H2,1H3,(H,49,54,55)/b44-38-. The van der Waals surface area contributed by atoms with Crippen LogP contribution in [-0.2, 0) is 9.59 Å². The lowest BCUT2D eigenvalue weighted by Crippen LogP contribution is -2.54. The monoisotopic (exact) mass is 791 g/mol. The van der Waals surface area contributed by atoms with E-state index in [0.717, 1.165) is 78.4 Å². The van der Waals surface area contributed by atoms with Gasteiger partial charge >= 0.3 is 0 Å². The number of anilines is 1. The summed E-state index contributed by atoms with van der Waals surface area (Å²) in [6.07, 6.45) is 3.66. The van der Waals surface area contributed by atoms with E-state index in [1.54, 1.807) is 30.3 Å². The Morgan fingerprint density at radius 2 is 1.47 bits per heavy atom. The lowest BCUT2D eigenvalue weighted by molar-refractivity contribution is -0.136. The Hall–Kier alpha value is -6.79. The highest BCUT2D eigenvalue weighted by Gasteiger charge is 2.44. The molecule has 12 nitrogen and oxygen atoms in total. The number of phenols is 1. The van der Waals surface area contributed by atoms with E-state index in [0.29, 0.717) is 24.0 Å². The summed E-state index contributed by atoms with van der Waals surface area (Å²) in [7, 11) is 0. The van der Waals surface area contributed by atoms with Crippen molar-refractivity contribution in [2.75, 3.05) is 44.2 Å². The van der Waals surface area contributed by atoms with E-state index in [9.17, 15) is 24.3 Å². The lowest BCUT2D eigenvalue weighted by atomic mass is 9.88. The van der Waals surface area contributed by atoms with Crippen LogP contribution < -0.4 is 19.7 Å². The lowest BCUT2D eigenvalue weighted by Gasteiger charge is -2.35. The number of amides is 4. The van der Waals surface area contributed by atoms with Crippen LogP contribution in [0.15, 0.2) is 115 Å². The Bertz CT molecular complexity index is 2370. The summed E-state index contributed by atoms with van der Waals surface area (Å²) < 4.78 is 12.1. The molecule has 5 aromatic rings. The van der Waals surface area contributed by atoms with Crippen molar-refractivity contribution < 1.29 is 33.8 Å². The van der Waals surface area contributed by atoms with Gasteiger partial charge in [0, 0.05) is 45.2 Å². The number of benzene rings is 4. The molecule has 0 bridgehead atoms. The Labute approximate surface area is 342 Å². The molecule has 3 aliphatic rings. The Morgan fingerprint density at radius 1 is 0.780 bits per heavy atom. The molecule has 12 heteroatoms. The number of fused-ring (bicyclic) bond motifs is 1. The number of rotatable bonds is 13. The first-order valence-corrected chi connectivity index (χ1v) is 20.0. The van der Waals surface area contributed by atoms with Crippen LogP contribution >= 0.6 is 0 Å². The quantitative estimate of drug-likeness (QED) is 0.0732. The summed E-state index contributed by atoms with van der Waals surface area (Å²) in [4.78, 5) is 60.3. The second kappa shape index (κ2) is 17.4. The highest BCUT2D eigenvalue weighted by atomic mass is 16.5. The van der Waals surface area contributed by atoms with Crippen LogP contribution in [0.3, 0.4) is 0 Å². The average molecular weight is 792 g/mol. The van der Waals surface area contributed by atoms with Crippen molar-refractivity contribution in [1.82, 2.24) is 20.1 Å². The number of allylic oxidation sites excluding steroid dienone is 1.